The summed E-state index contributed by atoms with van der Waals surface area (Å²) in [5.74, 6) is 1.02. The van der Waals surface area contributed by atoms with Gasteiger partial charge in [-0.15, -0.1) is 0 Å². The minimum Gasteiger partial charge on any atom is -0.330 e. The minimum atomic E-state index is 0.764. The summed E-state index contributed by atoms with van der Waals surface area (Å²) < 4.78 is 5.00. The summed E-state index contributed by atoms with van der Waals surface area (Å²) in [6.07, 6.45) is 1.05. The summed E-state index contributed by atoms with van der Waals surface area (Å²) in [6.45, 7) is 3.53. The predicted octanol–water partition coefficient (Wildman–Crippen LogP) is 1.02. The van der Waals surface area contributed by atoms with Crippen LogP contribution in [0.2, 0.25) is 0 Å². The lowest BCUT2D eigenvalue weighted by Crippen LogP contribution is -1.99. The molecule has 2 N–H and O–H groups in total. The van der Waals surface area contributed by atoms with Crippen molar-refractivity contribution in [1.29, 1.82) is 0 Å². The lowest BCUT2D eigenvalue weighted by atomic mass is 10.5. The fraction of sp³-hybridized carbons (Fsp3) is 1.00. The molecule has 0 saturated carbocycles. The van der Waals surface area contributed by atoms with Gasteiger partial charge in [-0.2, -0.15) is 0 Å². The van der Waals surface area contributed by atoms with Crippen LogP contribution >= 0.6 is 12.0 Å². The van der Waals surface area contributed by atoms with E-state index in [4.69, 9.17) is 9.92 Å². The number of rotatable bonds is 5. The molecule has 3 heteroatoms. The lowest BCUT2D eigenvalue weighted by molar-refractivity contribution is 0.401. The van der Waals surface area contributed by atoms with Gasteiger partial charge in [0.05, 0.1) is 6.61 Å². The third-order valence-electron chi connectivity index (χ3n) is 0.633. The Kier molecular flexibility index (Phi) is 7.52. The molecule has 0 radical (unpaired) electrons. The van der Waals surface area contributed by atoms with Crippen molar-refractivity contribution in [2.24, 2.45) is 5.73 Å². The van der Waals surface area contributed by atoms with Crippen LogP contribution in [0.25, 0.3) is 0 Å². The highest BCUT2D eigenvalue weighted by atomic mass is 32.2. The van der Waals surface area contributed by atoms with Crippen LogP contribution in [0.4, 0.5) is 0 Å². The SMILES string of the molecule is CCOSCCCN. The van der Waals surface area contributed by atoms with E-state index in [0.717, 1.165) is 25.3 Å². The molecule has 0 aliphatic rings. The van der Waals surface area contributed by atoms with Crippen LogP contribution in [0, 0.1) is 0 Å². The van der Waals surface area contributed by atoms with E-state index in [2.05, 4.69) is 0 Å². The molecule has 0 fully saturated rings. The average Bonchev–Trinajstić information content (AvgIpc) is 1.81. The molecule has 0 atom stereocenters. The standard InChI is InChI=1S/C5H13NOS/c1-2-7-8-5-3-4-6/h2-6H2,1H3. The molecule has 0 saturated heterocycles. The van der Waals surface area contributed by atoms with Gasteiger partial charge in [-0.05, 0) is 31.9 Å². The third kappa shape index (κ3) is 6.27. The molecule has 0 bridgehead atoms. The number of hydrogen-bond acceptors (Lipinski definition) is 3. The highest BCUT2D eigenvalue weighted by Gasteiger charge is 1.83. The number of hydrogen-bond donors (Lipinski definition) is 1. The van der Waals surface area contributed by atoms with Gasteiger partial charge in [0.15, 0.2) is 0 Å². The molecule has 0 rings (SSSR count). The van der Waals surface area contributed by atoms with E-state index in [-0.39, 0.29) is 0 Å². The average molecular weight is 135 g/mol. The molecule has 0 aliphatic carbocycles. The smallest absolute Gasteiger partial charge is 0.0585 e. The Morgan fingerprint density at radius 1 is 1.62 bits per heavy atom. The Balaban J connectivity index is 2.53. The van der Waals surface area contributed by atoms with Crippen LogP contribution in [-0.2, 0) is 4.18 Å². The van der Waals surface area contributed by atoms with Crippen molar-refractivity contribution < 1.29 is 4.18 Å². The molecule has 0 aromatic rings. The van der Waals surface area contributed by atoms with Crippen molar-refractivity contribution in [2.75, 3.05) is 18.9 Å². The molecule has 8 heavy (non-hydrogen) atoms. The van der Waals surface area contributed by atoms with Crippen LogP contribution in [0.5, 0.6) is 0 Å². The zero-order valence-corrected chi connectivity index (χ0v) is 6.04. The second kappa shape index (κ2) is 7.27. The van der Waals surface area contributed by atoms with Crippen molar-refractivity contribution in [3.63, 3.8) is 0 Å². The van der Waals surface area contributed by atoms with Crippen molar-refractivity contribution in [2.45, 2.75) is 13.3 Å². The first-order valence-electron chi connectivity index (χ1n) is 2.86. The lowest BCUT2D eigenvalue weighted by Gasteiger charge is -1.95. The second-order valence-corrected chi connectivity index (χ2v) is 2.25. The Morgan fingerprint density at radius 3 is 2.88 bits per heavy atom. The van der Waals surface area contributed by atoms with Gasteiger partial charge in [0, 0.05) is 5.75 Å². The maximum atomic E-state index is 5.24. The predicted molar refractivity (Wildman–Crippen MR) is 37.8 cm³/mol. The molecule has 0 spiro atoms. The van der Waals surface area contributed by atoms with Gasteiger partial charge in [0.1, 0.15) is 0 Å². The molecule has 0 unspecified atom stereocenters. The fourth-order valence-electron chi connectivity index (χ4n) is 0.285. The first-order chi connectivity index (χ1) is 3.91. The van der Waals surface area contributed by atoms with Crippen LogP contribution in [-0.4, -0.2) is 18.9 Å². The molecular weight excluding hydrogens is 122 g/mol. The molecule has 0 aromatic carbocycles. The normalized spacial score (nSPS) is 9.75. The number of nitrogens with two attached hydrogens (primary N) is 1. The highest BCUT2D eigenvalue weighted by molar-refractivity contribution is 7.94. The Hall–Kier alpha value is 0.270. The molecule has 50 valence electrons. The molecular formula is C5H13NOS. The van der Waals surface area contributed by atoms with Gasteiger partial charge in [-0.3, -0.25) is 0 Å². The van der Waals surface area contributed by atoms with Crippen LogP contribution in [0.3, 0.4) is 0 Å². The maximum Gasteiger partial charge on any atom is 0.0585 e. The third-order valence-corrected chi connectivity index (χ3v) is 1.49. The summed E-state index contributed by atoms with van der Waals surface area (Å²) in [4.78, 5) is 0. The first kappa shape index (κ1) is 8.27. The monoisotopic (exact) mass is 135 g/mol. The second-order valence-electron chi connectivity index (χ2n) is 1.37. The van der Waals surface area contributed by atoms with Gasteiger partial charge in [0.2, 0.25) is 0 Å². The first-order valence-corrected chi connectivity index (χ1v) is 3.77. The van der Waals surface area contributed by atoms with Crippen molar-refractivity contribution in [1.82, 2.24) is 0 Å². The summed E-state index contributed by atoms with van der Waals surface area (Å²) in [5.41, 5.74) is 5.24. The Labute approximate surface area is 55.0 Å². The Morgan fingerprint density at radius 2 is 2.38 bits per heavy atom. The zero-order valence-electron chi connectivity index (χ0n) is 5.22. The van der Waals surface area contributed by atoms with E-state index in [1.54, 1.807) is 0 Å². The molecule has 0 heterocycles. The van der Waals surface area contributed by atoms with Gasteiger partial charge in [0.25, 0.3) is 0 Å². The summed E-state index contributed by atoms with van der Waals surface area (Å²) >= 11 is 1.50. The van der Waals surface area contributed by atoms with Crippen LogP contribution in [0.1, 0.15) is 13.3 Å². The van der Waals surface area contributed by atoms with E-state index in [9.17, 15) is 0 Å². The fourth-order valence-corrected chi connectivity index (χ4v) is 0.854. The van der Waals surface area contributed by atoms with Crippen molar-refractivity contribution in [3.05, 3.63) is 0 Å². The molecule has 2 nitrogen and oxygen atoms in total. The largest absolute Gasteiger partial charge is 0.330 e. The van der Waals surface area contributed by atoms with E-state index in [1.807, 2.05) is 6.92 Å². The maximum absolute atomic E-state index is 5.24. The molecule has 0 aromatic heterocycles. The quantitative estimate of drug-likeness (QED) is 0.451. The summed E-state index contributed by atoms with van der Waals surface area (Å²) in [7, 11) is 0. The van der Waals surface area contributed by atoms with E-state index >= 15 is 0 Å². The summed E-state index contributed by atoms with van der Waals surface area (Å²) in [6, 6.07) is 0. The van der Waals surface area contributed by atoms with Crippen LogP contribution in [0.15, 0.2) is 0 Å². The zero-order chi connectivity index (χ0) is 6.24. The van der Waals surface area contributed by atoms with Gasteiger partial charge < -0.3 is 9.92 Å². The van der Waals surface area contributed by atoms with Crippen molar-refractivity contribution >= 4 is 12.0 Å². The summed E-state index contributed by atoms with van der Waals surface area (Å²) in [5, 5.41) is 0. The van der Waals surface area contributed by atoms with Crippen LogP contribution < -0.4 is 5.73 Å². The van der Waals surface area contributed by atoms with Gasteiger partial charge in [-0.1, -0.05) is 0 Å². The Bertz CT molecular complexity index is 37.4. The van der Waals surface area contributed by atoms with Crippen molar-refractivity contribution in [3.8, 4) is 0 Å². The van der Waals surface area contributed by atoms with E-state index in [0.29, 0.717) is 0 Å². The van der Waals surface area contributed by atoms with E-state index < -0.39 is 0 Å². The highest BCUT2D eigenvalue weighted by Crippen LogP contribution is 2.01. The molecule has 0 aliphatic heterocycles. The van der Waals surface area contributed by atoms with Gasteiger partial charge >= 0.3 is 0 Å². The molecule has 0 amide bonds. The van der Waals surface area contributed by atoms with E-state index in [1.165, 1.54) is 12.0 Å². The minimum absolute atomic E-state index is 0.764. The van der Waals surface area contributed by atoms with Gasteiger partial charge in [-0.25, -0.2) is 0 Å². The topological polar surface area (TPSA) is 35.2 Å².